The Morgan fingerprint density at radius 3 is 2.28 bits per heavy atom. The van der Waals surface area contributed by atoms with Crippen LogP contribution >= 0.6 is 0 Å². The van der Waals surface area contributed by atoms with Gasteiger partial charge in [0.25, 0.3) is 0 Å². The number of para-hydroxylation sites is 1. The van der Waals surface area contributed by atoms with Crippen LogP contribution in [0, 0.1) is 6.92 Å². The second kappa shape index (κ2) is 5.42. The summed E-state index contributed by atoms with van der Waals surface area (Å²) >= 11 is 0. The molecule has 1 aliphatic heterocycles. The van der Waals surface area contributed by atoms with Crippen LogP contribution in [0.3, 0.4) is 0 Å². The summed E-state index contributed by atoms with van der Waals surface area (Å²) < 4.78 is 2.64. The van der Waals surface area contributed by atoms with E-state index in [4.69, 9.17) is 0 Å². The zero-order chi connectivity index (χ0) is 17.8. The summed E-state index contributed by atoms with van der Waals surface area (Å²) in [7, 11) is 0. The minimum atomic E-state index is 0.0404. The van der Waals surface area contributed by atoms with E-state index < -0.39 is 0 Å². The van der Waals surface area contributed by atoms with E-state index in [0.29, 0.717) is 0 Å². The van der Waals surface area contributed by atoms with Crippen LogP contribution in [0.2, 0.25) is 0 Å². The molecule has 0 spiro atoms. The number of hydrogen-bond donors (Lipinski definition) is 0. The molecule has 2 heterocycles. The second-order valence-electron chi connectivity index (χ2n) is 7.92. The number of pyridine rings is 1. The maximum Gasteiger partial charge on any atom is 0.214 e. The molecule has 1 aliphatic rings. The average Bonchev–Trinajstić information content (AvgIpc) is 2.66. The van der Waals surface area contributed by atoms with Gasteiger partial charge in [-0.2, -0.15) is 4.57 Å². The third kappa shape index (κ3) is 1.93. The molecule has 1 aromatic heterocycles. The van der Waals surface area contributed by atoms with Crippen molar-refractivity contribution in [2.24, 2.45) is 0 Å². The molecule has 2 aromatic carbocycles. The molecule has 0 radical (unpaired) electrons. The van der Waals surface area contributed by atoms with Crippen LogP contribution in [0.4, 0.5) is 0 Å². The van der Waals surface area contributed by atoms with Crippen LogP contribution in [0.1, 0.15) is 51.7 Å². The molecule has 0 aliphatic carbocycles. The third-order valence-electron chi connectivity index (χ3n) is 7.04. The largest absolute Gasteiger partial charge is 0.214 e. The number of rotatable bonds is 2. The Bertz CT molecular complexity index is 971. The van der Waals surface area contributed by atoms with Gasteiger partial charge in [0.05, 0.1) is 11.0 Å². The Labute approximate surface area is 151 Å². The summed E-state index contributed by atoms with van der Waals surface area (Å²) in [5.41, 5.74) is 7.11. The molecular formula is C24H28N+. The van der Waals surface area contributed by atoms with Crippen molar-refractivity contribution in [2.75, 3.05) is 0 Å². The number of hydrogen-bond acceptors (Lipinski definition) is 0. The van der Waals surface area contributed by atoms with Gasteiger partial charge in [0.2, 0.25) is 11.2 Å². The Hall–Kier alpha value is -2.15. The van der Waals surface area contributed by atoms with E-state index in [-0.39, 0.29) is 11.0 Å². The summed E-state index contributed by atoms with van der Waals surface area (Å²) in [6.45, 7) is 11.8. The number of benzene rings is 2. The van der Waals surface area contributed by atoms with Gasteiger partial charge < -0.3 is 0 Å². The maximum atomic E-state index is 2.64. The molecule has 1 heteroatoms. The normalized spacial score (nSPS) is 24.8. The summed E-state index contributed by atoms with van der Waals surface area (Å²) in [6, 6.07) is 20.3. The lowest BCUT2D eigenvalue weighted by Gasteiger charge is -2.46. The van der Waals surface area contributed by atoms with Gasteiger partial charge in [-0.05, 0) is 43.5 Å². The van der Waals surface area contributed by atoms with Crippen molar-refractivity contribution in [3.05, 3.63) is 65.7 Å². The van der Waals surface area contributed by atoms with Crippen LogP contribution in [0.25, 0.3) is 22.2 Å². The SMILES string of the molecule is CCC1(C)c2ccccc2-c2cc(C)c3ccccc3[n+]2C1(C)CC. The highest BCUT2D eigenvalue weighted by atomic mass is 15.1. The van der Waals surface area contributed by atoms with E-state index in [9.17, 15) is 0 Å². The number of aromatic nitrogens is 1. The Balaban J connectivity index is 2.25. The molecule has 2 atom stereocenters. The summed E-state index contributed by atoms with van der Waals surface area (Å²) in [6.07, 6.45) is 2.24. The van der Waals surface area contributed by atoms with Gasteiger partial charge in [0.1, 0.15) is 0 Å². The third-order valence-corrected chi connectivity index (χ3v) is 7.04. The van der Waals surface area contributed by atoms with Gasteiger partial charge >= 0.3 is 0 Å². The van der Waals surface area contributed by atoms with Crippen molar-refractivity contribution in [2.45, 2.75) is 58.4 Å². The van der Waals surface area contributed by atoms with Gasteiger partial charge in [0, 0.05) is 30.9 Å². The minimum Gasteiger partial charge on any atom is -0.185 e. The Kier molecular flexibility index (Phi) is 3.54. The van der Waals surface area contributed by atoms with Crippen LogP contribution in [-0.4, -0.2) is 0 Å². The zero-order valence-electron chi connectivity index (χ0n) is 16.1. The van der Waals surface area contributed by atoms with Crippen molar-refractivity contribution in [3.63, 3.8) is 0 Å². The summed E-state index contributed by atoms with van der Waals surface area (Å²) in [5, 5.41) is 1.36. The molecule has 1 nitrogen and oxygen atoms in total. The van der Waals surface area contributed by atoms with Crippen LogP contribution in [-0.2, 0) is 11.0 Å². The van der Waals surface area contributed by atoms with Gasteiger partial charge in [-0.1, -0.05) is 44.2 Å². The lowest BCUT2D eigenvalue weighted by Crippen LogP contribution is -2.67. The smallest absolute Gasteiger partial charge is 0.185 e. The molecular weight excluding hydrogens is 302 g/mol. The maximum absolute atomic E-state index is 2.64. The highest BCUT2D eigenvalue weighted by Gasteiger charge is 2.56. The standard InChI is InChI=1S/C24H28N/c1-6-23(4)20-14-10-8-13-19(20)22-16-17(3)18-12-9-11-15-21(18)25(22)24(23,5)7-2/h8-16H,6-7H2,1-5H3/q+1. The molecule has 0 saturated carbocycles. The highest BCUT2D eigenvalue weighted by molar-refractivity contribution is 5.82. The molecule has 4 rings (SSSR count). The Morgan fingerprint density at radius 2 is 1.56 bits per heavy atom. The predicted octanol–water partition coefficient (Wildman–Crippen LogP) is 5.91. The molecule has 0 saturated heterocycles. The Morgan fingerprint density at radius 1 is 0.880 bits per heavy atom. The molecule has 0 amide bonds. The molecule has 128 valence electrons. The van der Waals surface area contributed by atoms with E-state index in [0.717, 1.165) is 12.8 Å². The molecule has 0 N–H and O–H groups in total. The fourth-order valence-electron chi connectivity index (χ4n) is 5.05. The monoisotopic (exact) mass is 330 g/mol. The number of fused-ring (bicyclic) bond motifs is 5. The topological polar surface area (TPSA) is 3.88 Å². The summed E-state index contributed by atoms with van der Waals surface area (Å²) in [5.74, 6) is 0. The van der Waals surface area contributed by atoms with E-state index in [1.165, 1.54) is 33.3 Å². The van der Waals surface area contributed by atoms with E-state index in [1.807, 2.05) is 0 Å². The first-order valence-corrected chi connectivity index (χ1v) is 9.52. The lowest BCUT2D eigenvalue weighted by atomic mass is 9.60. The first-order chi connectivity index (χ1) is 12.0. The van der Waals surface area contributed by atoms with E-state index >= 15 is 0 Å². The second-order valence-corrected chi connectivity index (χ2v) is 7.92. The quantitative estimate of drug-likeness (QED) is 0.514. The summed E-state index contributed by atoms with van der Waals surface area (Å²) in [4.78, 5) is 0. The van der Waals surface area contributed by atoms with Crippen LogP contribution < -0.4 is 4.57 Å². The first kappa shape index (κ1) is 16.3. The van der Waals surface area contributed by atoms with Crippen molar-refractivity contribution < 1.29 is 4.57 Å². The lowest BCUT2D eigenvalue weighted by molar-refractivity contribution is -0.742. The zero-order valence-corrected chi connectivity index (χ0v) is 16.1. The predicted molar refractivity (Wildman–Crippen MR) is 106 cm³/mol. The minimum absolute atomic E-state index is 0.0404. The molecule has 0 bridgehead atoms. The first-order valence-electron chi connectivity index (χ1n) is 9.52. The van der Waals surface area contributed by atoms with Gasteiger partial charge in [0.15, 0.2) is 5.54 Å². The highest BCUT2D eigenvalue weighted by Crippen LogP contribution is 2.50. The number of aryl methyl sites for hydroxylation is 1. The van der Waals surface area contributed by atoms with E-state index in [1.54, 1.807) is 0 Å². The van der Waals surface area contributed by atoms with Crippen molar-refractivity contribution in [1.82, 2.24) is 0 Å². The van der Waals surface area contributed by atoms with Gasteiger partial charge in [-0.25, -0.2) is 0 Å². The number of nitrogens with zero attached hydrogens (tertiary/aromatic N) is 1. The van der Waals surface area contributed by atoms with Gasteiger partial charge in [-0.15, -0.1) is 0 Å². The average molecular weight is 330 g/mol. The van der Waals surface area contributed by atoms with Crippen molar-refractivity contribution in [3.8, 4) is 11.3 Å². The van der Waals surface area contributed by atoms with Crippen molar-refractivity contribution in [1.29, 1.82) is 0 Å². The van der Waals surface area contributed by atoms with Crippen LogP contribution in [0.5, 0.6) is 0 Å². The molecule has 0 fully saturated rings. The molecule has 25 heavy (non-hydrogen) atoms. The fourth-order valence-corrected chi connectivity index (χ4v) is 5.05. The molecule has 2 unspecified atom stereocenters. The van der Waals surface area contributed by atoms with Crippen LogP contribution in [0.15, 0.2) is 54.6 Å². The molecule has 3 aromatic rings. The van der Waals surface area contributed by atoms with Gasteiger partial charge in [-0.3, -0.25) is 0 Å². The van der Waals surface area contributed by atoms with Crippen molar-refractivity contribution >= 4 is 10.9 Å². The fraction of sp³-hybridized carbons (Fsp3) is 0.375. The van der Waals surface area contributed by atoms with E-state index in [2.05, 4.69) is 93.8 Å².